The average Bonchev–Trinajstić information content (AvgIpc) is 2.78. The normalized spacial score (nSPS) is 11.0. The predicted molar refractivity (Wildman–Crippen MR) is 74.2 cm³/mol. The number of fused-ring (bicyclic) bond motifs is 1. The van der Waals surface area contributed by atoms with Gasteiger partial charge in [-0.3, -0.25) is 0 Å². The van der Waals surface area contributed by atoms with Crippen LogP contribution in [0.4, 0.5) is 0 Å². The molecule has 0 bridgehead atoms. The predicted octanol–water partition coefficient (Wildman–Crippen LogP) is 3.37. The van der Waals surface area contributed by atoms with E-state index in [2.05, 4.69) is 18.3 Å². The molecule has 1 N–H and O–H groups in total. The van der Waals surface area contributed by atoms with Gasteiger partial charge in [-0.15, -0.1) is 0 Å². The monoisotopic (exact) mass is 247 g/mol. The van der Waals surface area contributed by atoms with E-state index in [9.17, 15) is 0 Å². The first-order valence-electron chi connectivity index (χ1n) is 6.68. The van der Waals surface area contributed by atoms with Gasteiger partial charge in [-0.2, -0.15) is 0 Å². The van der Waals surface area contributed by atoms with Crippen LogP contribution in [-0.4, -0.2) is 19.7 Å². The second-order valence-electron chi connectivity index (χ2n) is 4.35. The van der Waals surface area contributed by atoms with Crippen LogP contribution in [0.15, 0.2) is 28.9 Å². The maximum absolute atomic E-state index is 5.56. The minimum absolute atomic E-state index is 0.691. The Balaban J connectivity index is 2.09. The van der Waals surface area contributed by atoms with Crippen molar-refractivity contribution >= 4 is 11.0 Å². The van der Waals surface area contributed by atoms with E-state index in [1.807, 2.05) is 25.3 Å². The van der Waals surface area contributed by atoms with Gasteiger partial charge in [0.2, 0.25) is 0 Å². The first-order valence-corrected chi connectivity index (χ1v) is 6.68. The summed E-state index contributed by atoms with van der Waals surface area (Å²) in [7, 11) is 0. The Labute approximate surface area is 108 Å². The number of hydrogen-bond donors (Lipinski definition) is 1. The molecule has 1 aromatic heterocycles. The quantitative estimate of drug-likeness (QED) is 0.762. The molecule has 98 valence electrons. The van der Waals surface area contributed by atoms with Gasteiger partial charge in [0.1, 0.15) is 11.3 Å². The van der Waals surface area contributed by atoms with Crippen molar-refractivity contribution < 1.29 is 9.15 Å². The Morgan fingerprint density at radius 1 is 1.22 bits per heavy atom. The molecule has 0 aliphatic carbocycles. The molecule has 18 heavy (non-hydrogen) atoms. The lowest BCUT2D eigenvalue weighted by molar-refractivity contribution is 0.340. The molecule has 0 fully saturated rings. The number of benzene rings is 1. The van der Waals surface area contributed by atoms with Gasteiger partial charge in [0.05, 0.1) is 12.9 Å². The van der Waals surface area contributed by atoms with Crippen molar-refractivity contribution in [2.24, 2.45) is 0 Å². The van der Waals surface area contributed by atoms with Crippen LogP contribution in [0.3, 0.4) is 0 Å². The van der Waals surface area contributed by atoms with Crippen LogP contribution >= 0.6 is 0 Å². The lowest BCUT2D eigenvalue weighted by atomic mass is 10.1. The molecule has 0 unspecified atom stereocenters. The molecule has 1 aromatic carbocycles. The zero-order chi connectivity index (χ0) is 12.8. The number of hydrogen-bond acceptors (Lipinski definition) is 3. The zero-order valence-electron chi connectivity index (χ0n) is 11.2. The van der Waals surface area contributed by atoms with Crippen molar-refractivity contribution in [3.63, 3.8) is 0 Å². The SMILES string of the molecule is CCCNCCc1coc2ccc(OCC)cc12. The Morgan fingerprint density at radius 2 is 2.11 bits per heavy atom. The molecule has 2 rings (SSSR count). The molecule has 0 atom stereocenters. The summed E-state index contributed by atoms with van der Waals surface area (Å²) in [5.74, 6) is 0.911. The van der Waals surface area contributed by atoms with Gasteiger partial charge in [-0.05, 0) is 56.6 Å². The molecular formula is C15H21NO2. The minimum Gasteiger partial charge on any atom is -0.494 e. The lowest BCUT2D eigenvalue weighted by Gasteiger charge is -2.04. The van der Waals surface area contributed by atoms with Gasteiger partial charge in [0.25, 0.3) is 0 Å². The third kappa shape index (κ3) is 3.05. The molecular weight excluding hydrogens is 226 g/mol. The Hall–Kier alpha value is -1.48. The first kappa shape index (κ1) is 13.0. The third-order valence-electron chi connectivity index (χ3n) is 2.93. The second kappa shape index (κ2) is 6.45. The number of furan rings is 1. The first-order chi connectivity index (χ1) is 8.85. The summed E-state index contributed by atoms with van der Waals surface area (Å²) < 4.78 is 11.1. The highest BCUT2D eigenvalue weighted by molar-refractivity contribution is 5.82. The van der Waals surface area contributed by atoms with Crippen molar-refractivity contribution in [3.8, 4) is 5.75 Å². The van der Waals surface area contributed by atoms with Crippen LogP contribution < -0.4 is 10.1 Å². The number of rotatable bonds is 7. The van der Waals surface area contributed by atoms with E-state index in [1.165, 1.54) is 17.4 Å². The maximum Gasteiger partial charge on any atom is 0.134 e. The van der Waals surface area contributed by atoms with Crippen molar-refractivity contribution in [2.45, 2.75) is 26.7 Å². The molecule has 3 nitrogen and oxygen atoms in total. The summed E-state index contributed by atoms with van der Waals surface area (Å²) in [5.41, 5.74) is 2.18. The highest BCUT2D eigenvalue weighted by Gasteiger charge is 2.06. The molecule has 0 amide bonds. The fourth-order valence-corrected chi connectivity index (χ4v) is 2.04. The molecule has 0 spiro atoms. The minimum atomic E-state index is 0.691. The lowest BCUT2D eigenvalue weighted by Crippen LogP contribution is -2.17. The number of ether oxygens (including phenoxy) is 1. The van der Waals surface area contributed by atoms with E-state index < -0.39 is 0 Å². The summed E-state index contributed by atoms with van der Waals surface area (Å²) in [5, 5.41) is 4.57. The molecule has 0 saturated carbocycles. The van der Waals surface area contributed by atoms with Crippen molar-refractivity contribution in [3.05, 3.63) is 30.0 Å². The van der Waals surface area contributed by atoms with Gasteiger partial charge < -0.3 is 14.5 Å². The van der Waals surface area contributed by atoms with E-state index in [0.717, 1.165) is 30.8 Å². The van der Waals surface area contributed by atoms with Gasteiger partial charge in [0, 0.05) is 5.39 Å². The van der Waals surface area contributed by atoms with Gasteiger partial charge in [-0.1, -0.05) is 6.92 Å². The molecule has 0 saturated heterocycles. The standard InChI is InChI=1S/C15H21NO2/c1-3-8-16-9-7-12-11-18-15-6-5-13(17-4-2)10-14(12)15/h5-6,10-11,16H,3-4,7-9H2,1-2H3. The van der Waals surface area contributed by atoms with Crippen LogP contribution in [0.1, 0.15) is 25.8 Å². The van der Waals surface area contributed by atoms with E-state index in [-0.39, 0.29) is 0 Å². The molecule has 2 aromatic rings. The van der Waals surface area contributed by atoms with E-state index in [4.69, 9.17) is 9.15 Å². The summed E-state index contributed by atoms with van der Waals surface area (Å²) in [4.78, 5) is 0. The summed E-state index contributed by atoms with van der Waals surface area (Å²) in [6.45, 7) is 6.92. The molecule has 0 aliphatic heterocycles. The summed E-state index contributed by atoms with van der Waals surface area (Å²) in [6, 6.07) is 6.00. The van der Waals surface area contributed by atoms with E-state index in [1.54, 1.807) is 0 Å². The summed E-state index contributed by atoms with van der Waals surface area (Å²) in [6.07, 6.45) is 4.01. The molecule has 1 heterocycles. The topological polar surface area (TPSA) is 34.4 Å². The highest BCUT2D eigenvalue weighted by Crippen LogP contribution is 2.26. The maximum atomic E-state index is 5.56. The Kier molecular flexibility index (Phi) is 4.65. The third-order valence-corrected chi connectivity index (χ3v) is 2.93. The van der Waals surface area contributed by atoms with Crippen molar-refractivity contribution in [1.82, 2.24) is 5.32 Å². The molecule has 0 aliphatic rings. The second-order valence-corrected chi connectivity index (χ2v) is 4.35. The molecule has 0 radical (unpaired) electrons. The van der Waals surface area contributed by atoms with Gasteiger partial charge in [-0.25, -0.2) is 0 Å². The average molecular weight is 247 g/mol. The van der Waals surface area contributed by atoms with Crippen LogP contribution in [0, 0.1) is 0 Å². The Morgan fingerprint density at radius 3 is 2.89 bits per heavy atom. The molecule has 3 heteroatoms. The fraction of sp³-hybridized carbons (Fsp3) is 0.467. The van der Waals surface area contributed by atoms with Crippen molar-refractivity contribution in [1.29, 1.82) is 0 Å². The van der Waals surface area contributed by atoms with Crippen LogP contribution in [0.5, 0.6) is 5.75 Å². The van der Waals surface area contributed by atoms with Gasteiger partial charge in [0.15, 0.2) is 0 Å². The largest absolute Gasteiger partial charge is 0.494 e. The fourth-order valence-electron chi connectivity index (χ4n) is 2.04. The summed E-state index contributed by atoms with van der Waals surface area (Å²) >= 11 is 0. The van der Waals surface area contributed by atoms with Crippen LogP contribution in [0.25, 0.3) is 11.0 Å². The van der Waals surface area contributed by atoms with Crippen molar-refractivity contribution in [2.75, 3.05) is 19.7 Å². The van der Waals surface area contributed by atoms with Crippen LogP contribution in [-0.2, 0) is 6.42 Å². The van der Waals surface area contributed by atoms with E-state index >= 15 is 0 Å². The zero-order valence-corrected chi connectivity index (χ0v) is 11.2. The number of nitrogens with one attached hydrogen (secondary N) is 1. The van der Waals surface area contributed by atoms with Gasteiger partial charge >= 0.3 is 0 Å². The highest BCUT2D eigenvalue weighted by atomic mass is 16.5. The Bertz CT molecular complexity index is 490. The van der Waals surface area contributed by atoms with Crippen LogP contribution in [0.2, 0.25) is 0 Å². The van der Waals surface area contributed by atoms with E-state index in [0.29, 0.717) is 6.61 Å². The smallest absolute Gasteiger partial charge is 0.134 e.